The molecule has 1 saturated heterocycles. The van der Waals surface area contributed by atoms with Crippen LogP contribution in [0.3, 0.4) is 0 Å². The highest BCUT2D eigenvalue weighted by molar-refractivity contribution is 7.80. The van der Waals surface area contributed by atoms with Crippen LogP contribution in [0.5, 0.6) is 0 Å². The molecule has 4 rings (SSSR count). The first-order valence-electron chi connectivity index (χ1n) is 11.0. The summed E-state index contributed by atoms with van der Waals surface area (Å²) in [5, 5.41) is 12.1. The van der Waals surface area contributed by atoms with Crippen molar-refractivity contribution >= 4 is 46.9 Å². The van der Waals surface area contributed by atoms with E-state index in [1.807, 2.05) is 57.4 Å². The summed E-state index contributed by atoms with van der Waals surface area (Å²) >= 11 is 5.34. The van der Waals surface area contributed by atoms with Crippen LogP contribution in [0.1, 0.15) is 44.0 Å². The molecule has 2 aromatic carbocycles. The van der Waals surface area contributed by atoms with E-state index in [-0.39, 0.29) is 16.2 Å². The zero-order valence-electron chi connectivity index (χ0n) is 20.1. The number of anilines is 1. The SMILES string of the molecule is Cc1ccc(C(=O)O)cc1-n1c(C)cc(/C=C2/C(=O)NC(=S)N(c3cccc(C)c3C)C2=O)c1C. The Hall–Kier alpha value is -4.04. The van der Waals surface area contributed by atoms with Crippen LogP contribution in [0.2, 0.25) is 0 Å². The lowest BCUT2D eigenvalue weighted by molar-refractivity contribution is -0.122. The summed E-state index contributed by atoms with van der Waals surface area (Å²) in [4.78, 5) is 39.2. The van der Waals surface area contributed by atoms with Gasteiger partial charge in [0.25, 0.3) is 11.8 Å². The fourth-order valence-corrected chi connectivity index (χ4v) is 4.57. The number of nitrogens with zero attached hydrogens (tertiary/aromatic N) is 2. The maximum atomic E-state index is 13.5. The maximum absolute atomic E-state index is 13.5. The van der Waals surface area contributed by atoms with Crippen LogP contribution in [0.4, 0.5) is 5.69 Å². The van der Waals surface area contributed by atoms with Gasteiger partial charge in [0.15, 0.2) is 5.11 Å². The number of nitrogens with one attached hydrogen (secondary N) is 1. The molecule has 0 spiro atoms. The third-order valence-electron chi connectivity index (χ3n) is 6.39. The van der Waals surface area contributed by atoms with Gasteiger partial charge in [0.2, 0.25) is 0 Å². The van der Waals surface area contributed by atoms with Crippen LogP contribution < -0.4 is 10.2 Å². The number of aromatic nitrogens is 1. The number of carboxylic acid groups (broad SMARTS) is 1. The van der Waals surface area contributed by atoms with Crippen molar-refractivity contribution in [2.45, 2.75) is 34.6 Å². The molecule has 1 aliphatic heterocycles. The van der Waals surface area contributed by atoms with Crippen molar-refractivity contribution in [3.8, 4) is 5.69 Å². The number of aromatic carboxylic acids is 1. The first-order chi connectivity index (χ1) is 16.5. The van der Waals surface area contributed by atoms with Crippen LogP contribution >= 0.6 is 12.2 Å². The highest BCUT2D eigenvalue weighted by Crippen LogP contribution is 2.29. The molecular formula is C27H25N3O4S. The van der Waals surface area contributed by atoms with Crippen LogP contribution in [0, 0.1) is 34.6 Å². The summed E-state index contributed by atoms with van der Waals surface area (Å²) in [6.07, 6.45) is 1.56. The van der Waals surface area contributed by atoms with Crippen molar-refractivity contribution in [2.75, 3.05) is 4.90 Å². The highest BCUT2D eigenvalue weighted by Gasteiger charge is 2.35. The normalized spacial score (nSPS) is 15.1. The lowest BCUT2D eigenvalue weighted by Gasteiger charge is -2.30. The quantitative estimate of drug-likeness (QED) is 0.320. The van der Waals surface area contributed by atoms with E-state index < -0.39 is 17.8 Å². The molecular weight excluding hydrogens is 462 g/mol. The molecule has 0 unspecified atom stereocenters. The maximum Gasteiger partial charge on any atom is 0.335 e. The van der Waals surface area contributed by atoms with E-state index in [1.54, 1.807) is 30.3 Å². The molecule has 35 heavy (non-hydrogen) atoms. The van der Waals surface area contributed by atoms with Gasteiger partial charge in [-0.2, -0.15) is 0 Å². The molecule has 0 atom stereocenters. The molecule has 1 aromatic heterocycles. The number of hydrogen-bond donors (Lipinski definition) is 2. The number of rotatable bonds is 4. The van der Waals surface area contributed by atoms with Crippen molar-refractivity contribution in [2.24, 2.45) is 0 Å². The Labute approximate surface area is 208 Å². The Morgan fingerprint density at radius 2 is 1.69 bits per heavy atom. The average Bonchev–Trinajstić information content (AvgIpc) is 3.07. The molecule has 3 aromatic rings. The van der Waals surface area contributed by atoms with Crippen LogP contribution in [-0.2, 0) is 9.59 Å². The third-order valence-corrected chi connectivity index (χ3v) is 6.67. The minimum atomic E-state index is -1.01. The molecule has 0 bridgehead atoms. The largest absolute Gasteiger partial charge is 0.478 e. The second kappa shape index (κ2) is 8.96. The summed E-state index contributed by atoms with van der Waals surface area (Å²) in [6, 6.07) is 12.4. The number of thiocarbonyl (C=S) groups is 1. The fourth-order valence-electron chi connectivity index (χ4n) is 4.30. The van der Waals surface area contributed by atoms with Gasteiger partial charge in [-0.3, -0.25) is 19.8 Å². The molecule has 2 amide bonds. The van der Waals surface area contributed by atoms with Gasteiger partial charge in [0.05, 0.1) is 11.3 Å². The van der Waals surface area contributed by atoms with Gasteiger partial charge in [-0.15, -0.1) is 0 Å². The fraction of sp³-hybridized carbons (Fsp3) is 0.185. The molecule has 0 aliphatic carbocycles. The molecule has 178 valence electrons. The second-order valence-corrected chi connectivity index (χ2v) is 9.03. The topological polar surface area (TPSA) is 91.6 Å². The third kappa shape index (κ3) is 4.17. The standard InChI is InChI=1S/C27H25N3O4S/c1-14-7-6-8-22(17(14)4)30-25(32)21(24(31)28-27(30)35)12-20-11-16(3)29(18(20)5)23-13-19(26(33)34)10-9-15(23)2/h6-13H,1-5H3,(H,33,34)(H,28,31,35)/b21-12-. The van der Waals surface area contributed by atoms with E-state index in [2.05, 4.69) is 5.32 Å². The zero-order valence-corrected chi connectivity index (χ0v) is 20.9. The smallest absolute Gasteiger partial charge is 0.335 e. The first kappa shape index (κ1) is 24.1. The van der Waals surface area contributed by atoms with E-state index in [1.165, 1.54) is 4.90 Å². The molecule has 2 N–H and O–H groups in total. The van der Waals surface area contributed by atoms with Gasteiger partial charge < -0.3 is 9.67 Å². The number of aryl methyl sites for hydroxylation is 3. The number of benzene rings is 2. The number of carboxylic acids is 1. The number of amides is 2. The number of hydrogen-bond acceptors (Lipinski definition) is 4. The van der Waals surface area contributed by atoms with E-state index in [9.17, 15) is 19.5 Å². The lowest BCUT2D eigenvalue weighted by atomic mass is 10.0. The van der Waals surface area contributed by atoms with Gasteiger partial charge >= 0.3 is 5.97 Å². The van der Waals surface area contributed by atoms with Crippen molar-refractivity contribution in [1.82, 2.24) is 9.88 Å². The monoisotopic (exact) mass is 487 g/mol. The highest BCUT2D eigenvalue weighted by atomic mass is 32.1. The first-order valence-corrected chi connectivity index (χ1v) is 11.4. The predicted molar refractivity (Wildman–Crippen MR) is 139 cm³/mol. The van der Waals surface area contributed by atoms with Crippen LogP contribution in [-0.4, -0.2) is 32.6 Å². The predicted octanol–water partition coefficient (Wildman–Crippen LogP) is 4.55. The van der Waals surface area contributed by atoms with Gasteiger partial charge in [0, 0.05) is 17.1 Å². The van der Waals surface area contributed by atoms with E-state index in [0.29, 0.717) is 11.3 Å². The summed E-state index contributed by atoms with van der Waals surface area (Å²) in [5.74, 6) is -2.07. The summed E-state index contributed by atoms with van der Waals surface area (Å²) in [7, 11) is 0. The Morgan fingerprint density at radius 1 is 0.971 bits per heavy atom. The minimum Gasteiger partial charge on any atom is -0.478 e. The molecule has 8 heteroatoms. The van der Waals surface area contributed by atoms with Crippen molar-refractivity contribution in [3.63, 3.8) is 0 Å². The Morgan fingerprint density at radius 3 is 2.37 bits per heavy atom. The Bertz CT molecular complexity index is 1470. The molecule has 0 radical (unpaired) electrons. The Kier molecular flexibility index (Phi) is 6.17. The summed E-state index contributed by atoms with van der Waals surface area (Å²) in [6.45, 7) is 9.51. The van der Waals surface area contributed by atoms with E-state index in [0.717, 1.165) is 33.8 Å². The van der Waals surface area contributed by atoms with Crippen molar-refractivity contribution < 1.29 is 19.5 Å². The number of carbonyl (C=O) groups excluding carboxylic acids is 2. The van der Waals surface area contributed by atoms with Gasteiger partial charge in [-0.05, 0) is 99.4 Å². The van der Waals surface area contributed by atoms with Crippen LogP contribution in [0.25, 0.3) is 11.8 Å². The van der Waals surface area contributed by atoms with Crippen molar-refractivity contribution in [3.05, 3.63) is 87.2 Å². The van der Waals surface area contributed by atoms with Crippen LogP contribution in [0.15, 0.2) is 48.0 Å². The Balaban J connectivity index is 1.81. The molecule has 1 fully saturated rings. The minimum absolute atomic E-state index is 0.0317. The van der Waals surface area contributed by atoms with Gasteiger partial charge in [-0.1, -0.05) is 18.2 Å². The molecule has 1 aliphatic rings. The lowest BCUT2D eigenvalue weighted by Crippen LogP contribution is -2.54. The van der Waals surface area contributed by atoms with Gasteiger partial charge in [0.1, 0.15) is 5.57 Å². The average molecular weight is 488 g/mol. The molecule has 2 heterocycles. The summed E-state index contributed by atoms with van der Waals surface area (Å²) in [5.41, 5.74) is 6.57. The molecule has 7 nitrogen and oxygen atoms in total. The molecule has 0 saturated carbocycles. The van der Waals surface area contributed by atoms with Gasteiger partial charge in [-0.25, -0.2) is 4.79 Å². The van der Waals surface area contributed by atoms with E-state index in [4.69, 9.17) is 12.2 Å². The number of carbonyl (C=O) groups is 3. The van der Waals surface area contributed by atoms with Crippen molar-refractivity contribution in [1.29, 1.82) is 0 Å². The zero-order chi connectivity index (χ0) is 25.6. The summed E-state index contributed by atoms with van der Waals surface area (Å²) < 4.78 is 1.92. The second-order valence-electron chi connectivity index (χ2n) is 8.65. The van der Waals surface area contributed by atoms with E-state index >= 15 is 0 Å².